The number of nitrogens with zero attached hydrogens (tertiary/aromatic N) is 1. The topological polar surface area (TPSA) is 37.4 Å². The molecule has 1 aliphatic heterocycles. The third kappa shape index (κ3) is 3.09. The van der Waals surface area contributed by atoms with Crippen LogP contribution in [-0.2, 0) is 16.0 Å². The zero-order valence-corrected chi connectivity index (χ0v) is 14.8. The lowest BCUT2D eigenvalue weighted by Crippen LogP contribution is -2.31. The Morgan fingerprint density at radius 3 is 2.29 bits per heavy atom. The number of carbonyl (C=O) groups is 2. The second kappa shape index (κ2) is 6.40. The fourth-order valence-corrected chi connectivity index (χ4v) is 3.62. The lowest BCUT2D eigenvalue weighted by atomic mass is 9.89. The SMILES string of the molecule is Cc1cc(C)cc(C[C@H]2C(=O)N(c3cccc(Cl)c3)C(=O)[C@@H]2C)c1. The molecule has 4 heteroatoms. The van der Waals surface area contributed by atoms with Crippen molar-refractivity contribution in [3.63, 3.8) is 0 Å². The van der Waals surface area contributed by atoms with E-state index in [9.17, 15) is 9.59 Å². The summed E-state index contributed by atoms with van der Waals surface area (Å²) >= 11 is 6.01. The Bertz CT molecular complexity index is 795. The second-order valence-corrected chi connectivity index (χ2v) is 7.02. The van der Waals surface area contributed by atoms with Crippen molar-refractivity contribution in [2.24, 2.45) is 11.8 Å². The maximum Gasteiger partial charge on any atom is 0.238 e. The summed E-state index contributed by atoms with van der Waals surface area (Å²) < 4.78 is 0. The zero-order chi connectivity index (χ0) is 17.4. The molecule has 0 aromatic heterocycles. The molecule has 0 unspecified atom stereocenters. The van der Waals surface area contributed by atoms with Gasteiger partial charge >= 0.3 is 0 Å². The second-order valence-electron chi connectivity index (χ2n) is 6.59. The number of carbonyl (C=O) groups excluding carboxylic acids is 2. The summed E-state index contributed by atoms with van der Waals surface area (Å²) in [5.41, 5.74) is 3.98. The lowest BCUT2D eigenvalue weighted by molar-refractivity contribution is -0.122. The van der Waals surface area contributed by atoms with Gasteiger partial charge in [0.1, 0.15) is 0 Å². The van der Waals surface area contributed by atoms with Gasteiger partial charge in [-0.2, -0.15) is 0 Å². The van der Waals surface area contributed by atoms with Crippen LogP contribution in [0.25, 0.3) is 0 Å². The van der Waals surface area contributed by atoms with Crippen molar-refractivity contribution in [3.8, 4) is 0 Å². The molecule has 0 bridgehead atoms. The number of imide groups is 1. The monoisotopic (exact) mass is 341 g/mol. The first-order valence-corrected chi connectivity index (χ1v) is 8.45. The van der Waals surface area contributed by atoms with E-state index in [2.05, 4.69) is 18.2 Å². The van der Waals surface area contributed by atoms with Crippen LogP contribution in [0.15, 0.2) is 42.5 Å². The van der Waals surface area contributed by atoms with Crippen LogP contribution in [-0.4, -0.2) is 11.8 Å². The van der Waals surface area contributed by atoms with E-state index in [0.717, 1.165) is 5.56 Å². The number of hydrogen-bond donors (Lipinski definition) is 0. The number of hydrogen-bond acceptors (Lipinski definition) is 2. The molecule has 0 spiro atoms. The summed E-state index contributed by atoms with van der Waals surface area (Å²) in [4.78, 5) is 26.8. The van der Waals surface area contributed by atoms with E-state index in [1.54, 1.807) is 24.3 Å². The maximum atomic E-state index is 12.9. The van der Waals surface area contributed by atoms with Crippen molar-refractivity contribution in [1.82, 2.24) is 0 Å². The van der Waals surface area contributed by atoms with Crippen molar-refractivity contribution >= 4 is 29.1 Å². The Balaban J connectivity index is 1.90. The molecule has 2 aromatic carbocycles. The van der Waals surface area contributed by atoms with Gasteiger partial charge in [0, 0.05) is 10.9 Å². The van der Waals surface area contributed by atoms with E-state index in [0.29, 0.717) is 17.1 Å². The van der Waals surface area contributed by atoms with Gasteiger partial charge in [0.25, 0.3) is 0 Å². The van der Waals surface area contributed by atoms with Crippen LogP contribution in [0.5, 0.6) is 0 Å². The number of amides is 2. The van der Waals surface area contributed by atoms with Gasteiger partial charge < -0.3 is 0 Å². The minimum Gasteiger partial charge on any atom is -0.274 e. The van der Waals surface area contributed by atoms with Crippen LogP contribution in [0.2, 0.25) is 5.02 Å². The van der Waals surface area contributed by atoms with Crippen LogP contribution >= 0.6 is 11.6 Å². The van der Waals surface area contributed by atoms with Crippen LogP contribution in [0.3, 0.4) is 0 Å². The number of rotatable bonds is 3. The van der Waals surface area contributed by atoms with Gasteiger partial charge in [0.05, 0.1) is 11.6 Å². The average Bonchev–Trinajstić information content (AvgIpc) is 2.70. The van der Waals surface area contributed by atoms with Crippen molar-refractivity contribution in [2.75, 3.05) is 4.90 Å². The molecule has 1 heterocycles. The normalized spacial score (nSPS) is 20.8. The molecule has 0 aliphatic carbocycles. The number of benzene rings is 2. The lowest BCUT2D eigenvalue weighted by Gasteiger charge is -2.15. The summed E-state index contributed by atoms with van der Waals surface area (Å²) in [5.74, 6) is -0.972. The van der Waals surface area contributed by atoms with Crippen molar-refractivity contribution < 1.29 is 9.59 Å². The number of aryl methyl sites for hydroxylation is 2. The van der Waals surface area contributed by atoms with Gasteiger partial charge in [-0.15, -0.1) is 0 Å². The molecule has 0 N–H and O–H groups in total. The largest absolute Gasteiger partial charge is 0.274 e. The predicted octanol–water partition coefficient (Wildman–Crippen LogP) is 4.33. The molecular weight excluding hydrogens is 322 g/mol. The third-order valence-corrected chi connectivity index (χ3v) is 4.79. The molecule has 1 saturated heterocycles. The quantitative estimate of drug-likeness (QED) is 0.779. The smallest absolute Gasteiger partial charge is 0.238 e. The minimum atomic E-state index is -0.336. The first kappa shape index (κ1) is 16.7. The van der Waals surface area contributed by atoms with E-state index >= 15 is 0 Å². The van der Waals surface area contributed by atoms with Crippen molar-refractivity contribution in [3.05, 3.63) is 64.2 Å². The van der Waals surface area contributed by atoms with E-state index < -0.39 is 0 Å². The van der Waals surface area contributed by atoms with Crippen molar-refractivity contribution in [1.29, 1.82) is 0 Å². The predicted molar refractivity (Wildman–Crippen MR) is 96.2 cm³/mol. The molecule has 0 radical (unpaired) electrons. The van der Waals surface area contributed by atoms with Crippen LogP contribution in [0, 0.1) is 25.7 Å². The van der Waals surface area contributed by atoms with Gasteiger partial charge in [0.15, 0.2) is 0 Å². The zero-order valence-electron chi connectivity index (χ0n) is 14.0. The first-order chi connectivity index (χ1) is 11.4. The highest BCUT2D eigenvalue weighted by Crippen LogP contribution is 2.34. The Kier molecular flexibility index (Phi) is 4.46. The standard InChI is InChI=1S/C20H20ClNO2/c1-12-7-13(2)9-15(8-12)10-18-14(3)19(23)22(20(18)24)17-6-4-5-16(21)11-17/h4-9,11,14,18H,10H2,1-3H3/t14-,18-/m1/s1. The highest BCUT2D eigenvalue weighted by Gasteiger charge is 2.45. The number of anilines is 1. The van der Waals surface area contributed by atoms with Gasteiger partial charge in [-0.3, -0.25) is 14.5 Å². The molecule has 1 aliphatic rings. The molecule has 24 heavy (non-hydrogen) atoms. The molecule has 3 nitrogen and oxygen atoms in total. The van der Waals surface area contributed by atoms with Crippen LogP contribution in [0.1, 0.15) is 23.6 Å². The van der Waals surface area contributed by atoms with Crippen LogP contribution in [0.4, 0.5) is 5.69 Å². The fourth-order valence-electron chi connectivity index (χ4n) is 3.44. The Morgan fingerprint density at radius 1 is 1.00 bits per heavy atom. The third-order valence-electron chi connectivity index (χ3n) is 4.55. The summed E-state index contributed by atoms with van der Waals surface area (Å²) in [6, 6.07) is 13.1. The van der Waals surface area contributed by atoms with E-state index in [-0.39, 0.29) is 23.7 Å². The average molecular weight is 342 g/mol. The number of halogens is 1. The Morgan fingerprint density at radius 2 is 1.67 bits per heavy atom. The molecule has 2 amide bonds. The first-order valence-electron chi connectivity index (χ1n) is 8.07. The Labute approximate surface area is 147 Å². The summed E-state index contributed by atoms with van der Waals surface area (Å²) in [6.45, 7) is 5.91. The van der Waals surface area contributed by atoms with E-state index in [1.807, 2.05) is 20.8 Å². The summed E-state index contributed by atoms with van der Waals surface area (Å²) in [7, 11) is 0. The molecule has 124 valence electrons. The Hall–Kier alpha value is -2.13. The van der Waals surface area contributed by atoms with Gasteiger partial charge in [-0.1, -0.05) is 53.9 Å². The van der Waals surface area contributed by atoms with Gasteiger partial charge in [-0.05, 0) is 44.0 Å². The molecule has 2 atom stereocenters. The molecule has 3 rings (SSSR count). The van der Waals surface area contributed by atoms with E-state index in [1.165, 1.54) is 16.0 Å². The highest BCUT2D eigenvalue weighted by atomic mass is 35.5. The highest BCUT2D eigenvalue weighted by molar-refractivity contribution is 6.31. The molecule has 1 fully saturated rings. The van der Waals surface area contributed by atoms with Gasteiger partial charge in [0.2, 0.25) is 11.8 Å². The maximum absolute atomic E-state index is 12.9. The van der Waals surface area contributed by atoms with Crippen molar-refractivity contribution in [2.45, 2.75) is 27.2 Å². The van der Waals surface area contributed by atoms with E-state index in [4.69, 9.17) is 11.6 Å². The summed E-state index contributed by atoms with van der Waals surface area (Å²) in [6.07, 6.45) is 0.575. The van der Waals surface area contributed by atoms with Crippen LogP contribution < -0.4 is 4.90 Å². The minimum absolute atomic E-state index is 0.145. The summed E-state index contributed by atoms with van der Waals surface area (Å²) in [5, 5.41) is 0.513. The molecule has 0 saturated carbocycles. The molecule has 2 aromatic rings. The fraction of sp³-hybridized carbons (Fsp3) is 0.300. The van der Waals surface area contributed by atoms with Gasteiger partial charge in [-0.25, -0.2) is 0 Å². The molecular formula is C20H20ClNO2.